The molecule has 0 radical (unpaired) electrons. The molecule has 4 heterocycles. The van der Waals surface area contributed by atoms with Crippen LogP contribution in [0.4, 0.5) is 28.4 Å². The number of benzene rings is 6. The summed E-state index contributed by atoms with van der Waals surface area (Å²) < 4.78 is 150. The number of hydrogen-bond donors (Lipinski definition) is 5. The number of hydrogen-bond acceptors (Lipinski definition) is 17. The van der Waals surface area contributed by atoms with Gasteiger partial charge in [0.15, 0.2) is 12.3 Å². The van der Waals surface area contributed by atoms with Crippen molar-refractivity contribution in [1.82, 2.24) is 15.1 Å². The summed E-state index contributed by atoms with van der Waals surface area (Å²) in [4.78, 5) is 59.4. The highest BCUT2D eigenvalue weighted by Crippen LogP contribution is 2.52. The molecule has 0 saturated carbocycles. The highest BCUT2D eigenvalue weighted by atomic mass is 32.2. The Labute approximate surface area is 611 Å². The maximum Gasteiger partial charge on any atom is 0.294 e. The second kappa shape index (κ2) is 33.6. The summed E-state index contributed by atoms with van der Waals surface area (Å²) in [5.41, 5.74) is 5.89. The third kappa shape index (κ3) is 20.4. The van der Waals surface area contributed by atoms with E-state index in [0.717, 1.165) is 22.4 Å². The lowest BCUT2D eigenvalue weighted by Crippen LogP contribution is -2.51. The summed E-state index contributed by atoms with van der Waals surface area (Å²) in [6.07, 6.45) is 10.7. The Morgan fingerprint density at radius 2 is 1.18 bits per heavy atom. The number of piperazine rings is 1. The van der Waals surface area contributed by atoms with Crippen LogP contribution in [-0.2, 0) is 77.0 Å². The molecule has 5 N–H and O–H groups in total. The number of ether oxygens (including phenoxy) is 2. The predicted molar refractivity (Wildman–Crippen MR) is 395 cm³/mol. The number of rotatable bonds is 31. The molecule has 6 aromatic rings. The molecule has 4 aliphatic heterocycles. The number of carbonyl (C=O) groups excluding carboxylic acids is 4. The lowest BCUT2D eigenvalue weighted by Gasteiger charge is -2.35. The fourth-order valence-electron chi connectivity index (χ4n) is 13.3. The highest BCUT2D eigenvalue weighted by molar-refractivity contribution is 7.86. The fourth-order valence-corrected chi connectivity index (χ4v) is 15.3. The molecule has 1 unspecified atom stereocenters. The first-order valence-corrected chi connectivity index (χ1v) is 40.3. The number of unbranched alkanes of at least 4 members (excludes halogenated alkanes) is 1. The summed E-state index contributed by atoms with van der Waals surface area (Å²) in [6, 6.07) is 37.3. The first-order chi connectivity index (χ1) is 49.8. The quantitative estimate of drug-likeness (QED) is 0.00674. The van der Waals surface area contributed by atoms with E-state index in [1.807, 2.05) is 74.2 Å². The zero-order valence-electron chi connectivity index (χ0n) is 58.2. The van der Waals surface area contributed by atoms with Gasteiger partial charge in [-0.3, -0.25) is 37.4 Å². The maximum absolute atomic E-state index is 13.7. The number of nitrogens with zero attached hydrogens (tertiary/aromatic N) is 7. The van der Waals surface area contributed by atoms with Crippen LogP contribution in [0.2, 0.25) is 0 Å². The van der Waals surface area contributed by atoms with E-state index >= 15 is 0 Å². The van der Waals surface area contributed by atoms with Crippen molar-refractivity contribution in [3.8, 4) is 23.3 Å². The molecule has 4 aliphatic rings. The summed E-state index contributed by atoms with van der Waals surface area (Å²) >= 11 is 0. The average Bonchev–Trinajstić information content (AvgIpc) is 1.59. The van der Waals surface area contributed by atoms with Gasteiger partial charge in [0.2, 0.25) is 23.4 Å². The van der Waals surface area contributed by atoms with E-state index in [9.17, 15) is 71.1 Å². The van der Waals surface area contributed by atoms with Gasteiger partial charge >= 0.3 is 0 Å². The molecule has 0 aliphatic carbocycles. The number of carbonyl (C=O) groups is 4. The number of nitrogens with one attached hydrogen (secondary N) is 1. The Morgan fingerprint density at radius 3 is 1.84 bits per heavy atom. The van der Waals surface area contributed by atoms with Crippen LogP contribution in [0.5, 0.6) is 11.5 Å². The molecule has 10 rings (SSSR count). The van der Waals surface area contributed by atoms with Crippen molar-refractivity contribution < 1.29 is 85.1 Å². The van der Waals surface area contributed by atoms with Gasteiger partial charge in [-0.25, -0.2) is 0 Å². The molecule has 0 aromatic heterocycles. The Hall–Kier alpha value is -9.71. The SMILES string of the molecule is CC1(C)C(/C=C/C=C/C=C2\N(CCCS(=O)(=O)O)c3ccc(S(=O)(=O)O)cc3C2(C)CCCCC(=O)N2CCN(C(=O)COc3ccc(N=Nc4ccc(OCCCC(=O)NCCC(=O)N5Cc6ccccc6C#Cc6ccccc65)cc4)cc3)CC2)=[N+](CCCS(=O)(=O)O)c2ccc(S(=O)(=O)O)cc21. The largest absolute Gasteiger partial charge is 0.494 e. The molecular formula is C75H83N8O18S4+. The Kier molecular flexibility index (Phi) is 24.9. The number of anilines is 2. The van der Waals surface area contributed by atoms with Gasteiger partial charge in [-0.15, -0.1) is 0 Å². The maximum atomic E-state index is 13.7. The molecule has 1 atom stereocenters. The summed E-state index contributed by atoms with van der Waals surface area (Å²) in [5.74, 6) is 5.63. The van der Waals surface area contributed by atoms with Crippen LogP contribution in [-0.4, -0.2) is 166 Å². The summed E-state index contributed by atoms with van der Waals surface area (Å²) in [5, 5.41) is 11.5. The van der Waals surface area contributed by atoms with E-state index in [1.165, 1.54) is 36.4 Å². The van der Waals surface area contributed by atoms with Gasteiger partial charge in [0.1, 0.15) is 18.0 Å². The lowest BCUT2D eigenvalue weighted by atomic mass is 9.77. The van der Waals surface area contributed by atoms with Crippen LogP contribution in [0, 0.1) is 11.8 Å². The molecule has 0 spiro atoms. The molecule has 6 aromatic carbocycles. The molecule has 0 bridgehead atoms. The van der Waals surface area contributed by atoms with Crippen molar-refractivity contribution in [1.29, 1.82) is 0 Å². The Bertz CT molecular complexity index is 4980. The van der Waals surface area contributed by atoms with E-state index in [-0.39, 0.29) is 118 Å². The van der Waals surface area contributed by atoms with Gasteiger partial charge in [-0.2, -0.15) is 48.5 Å². The van der Waals surface area contributed by atoms with Gasteiger partial charge in [0, 0.05) is 111 Å². The molecule has 554 valence electrons. The molecule has 105 heavy (non-hydrogen) atoms. The summed E-state index contributed by atoms with van der Waals surface area (Å²) in [7, 11) is -18.0. The second-order valence-corrected chi connectivity index (χ2v) is 32.4. The average molecular weight is 1510 g/mol. The van der Waals surface area contributed by atoms with Gasteiger partial charge < -0.3 is 34.4 Å². The van der Waals surface area contributed by atoms with E-state index < -0.39 is 62.8 Å². The van der Waals surface area contributed by atoms with Crippen molar-refractivity contribution in [2.75, 3.05) is 80.3 Å². The summed E-state index contributed by atoms with van der Waals surface area (Å²) in [6.45, 7) is 7.46. The predicted octanol–water partition coefficient (Wildman–Crippen LogP) is 10.2. The minimum absolute atomic E-state index is 0.00858. The molecule has 30 heteroatoms. The first kappa shape index (κ1) is 77.9. The molecular weight excluding hydrogens is 1430 g/mol. The van der Waals surface area contributed by atoms with Crippen LogP contribution in [0.3, 0.4) is 0 Å². The van der Waals surface area contributed by atoms with Crippen LogP contribution in [0.25, 0.3) is 0 Å². The Balaban J connectivity index is 0.675. The number of fused-ring (bicyclic) bond motifs is 4. The zero-order chi connectivity index (χ0) is 75.3. The number of amides is 4. The van der Waals surface area contributed by atoms with E-state index in [0.29, 0.717) is 95.6 Å². The van der Waals surface area contributed by atoms with E-state index in [2.05, 4.69) is 27.4 Å². The Morgan fingerprint density at radius 1 is 0.590 bits per heavy atom. The van der Waals surface area contributed by atoms with Gasteiger partial charge in [0.05, 0.1) is 56.9 Å². The van der Waals surface area contributed by atoms with E-state index in [1.54, 1.807) is 98.2 Å². The van der Waals surface area contributed by atoms with Crippen LogP contribution >= 0.6 is 0 Å². The number of azo groups is 1. The van der Waals surface area contributed by atoms with Gasteiger partial charge in [-0.1, -0.05) is 66.8 Å². The monoisotopic (exact) mass is 1510 g/mol. The number of allylic oxidation sites excluding steroid dienone is 6. The first-order valence-electron chi connectivity index (χ1n) is 34.2. The molecule has 1 saturated heterocycles. The second-order valence-electron chi connectivity index (χ2n) is 26.4. The molecule has 1 fully saturated rings. The standard InChI is InChI=1S/C75H82N8O18S4/c1-74(2)63-50-61(104(94,95)96)34-36-66(63)81(41-14-48-102(88,89)90)68(74)20-5-4-6-21-69-75(3,64-51-62(105(97,98)99)35-37-67(64)82(69)42-15-49-103(91,92)93)39-12-11-23-71(85)79-43-45-80(46-44-79)73(87)53-101-60-32-28-58(29-33-60)78-77-57-26-30-59(31-27-57)100-47-13-22-70(84)76-40-38-72(86)83-52-56-18-8-7-16-54(56)24-25-55-17-9-10-19-65(55)83/h4-10,16-21,26-37,50-51H,11-15,22-23,38-49,52-53H2,1-3H3,(H4-,76,84,88,89,90,91,92,93,94,95,96,97,98,99)/p+1. The molecule has 26 nitrogen and oxygen atoms in total. The fraction of sp³-hybridized carbons (Fsp3) is 0.347. The normalized spacial score (nSPS) is 16.9. The minimum Gasteiger partial charge on any atom is -0.494 e. The number of para-hydroxylation sites is 1. The smallest absolute Gasteiger partial charge is 0.294 e. The van der Waals surface area contributed by atoms with Gasteiger partial charge in [-0.05, 0) is 161 Å². The lowest BCUT2D eigenvalue weighted by molar-refractivity contribution is -0.437. The van der Waals surface area contributed by atoms with Crippen molar-refractivity contribution in [3.05, 3.63) is 197 Å². The van der Waals surface area contributed by atoms with Crippen LogP contribution in [0.15, 0.2) is 190 Å². The van der Waals surface area contributed by atoms with Crippen molar-refractivity contribution in [2.45, 2.75) is 106 Å². The van der Waals surface area contributed by atoms with Crippen LogP contribution in [0.1, 0.15) is 106 Å². The third-order valence-electron chi connectivity index (χ3n) is 18.7. The van der Waals surface area contributed by atoms with E-state index in [4.69, 9.17) is 9.47 Å². The van der Waals surface area contributed by atoms with Crippen LogP contribution < -0.4 is 24.6 Å². The minimum atomic E-state index is -4.70. The zero-order valence-corrected chi connectivity index (χ0v) is 61.5. The van der Waals surface area contributed by atoms with Gasteiger partial charge in [0.25, 0.3) is 46.4 Å². The van der Waals surface area contributed by atoms with Crippen molar-refractivity contribution in [2.24, 2.45) is 10.2 Å². The topological polar surface area (TPSA) is 357 Å². The molecule has 4 amide bonds. The highest BCUT2D eigenvalue weighted by Gasteiger charge is 2.46. The third-order valence-corrected chi connectivity index (χ3v) is 22.0. The van der Waals surface area contributed by atoms with Crippen molar-refractivity contribution >= 4 is 98.2 Å². The van der Waals surface area contributed by atoms with Crippen molar-refractivity contribution in [3.63, 3.8) is 0 Å².